The van der Waals surface area contributed by atoms with Gasteiger partial charge in [-0.05, 0) is 37.9 Å². The monoisotopic (exact) mass is 231 g/mol. The van der Waals surface area contributed by atoms with Crippen LogP contribution in [0.3, 0.4) is 0 Å². The Morgan fingerprint density at radius 2 is 2.24 bits per heavy atom. The second kappa shape index (κ2) is 6.40. The maximum Gasteiger partial charge on any atom is 0.128 e. The molecule has 3 heteroatoms. The molecule has 3 nitrogen and oxygen atoms in total. The molecule has 2 heterocycles. The van der Waals surface area contributed by atoms with Crippen LogP contribution in [0, 0.1) is 0 Å². The van der Waals surface area contributed by atoms with Crippen LogP contribution in [-0.2, 0) is 0 Å². The van der Waals surface area contributed by atoms with Crippen molar-refractivity contribution in [2.24, 2.45) is 0 Å². The molecule has 17 heavy (non-hydrogen) atoms. The fourth-order valence-electron chi connectivity index (χ4n) is 2.24. The second-order valence-corrected chi connectivity index (χ2v) is 4.48. The van der Waals surface area contributed by atoms with Gasteiger partial charge in [-0.15, -0.1) is 6.58 Å². The molecule has 1 N–H and O–H groups in total. The molecule has 1 fully saturated rings. The van der Waals surface area contributed by atoms with Gasteiger partial charge >= 0.3 is 0 Å². The Kier molecular flexibility index (Phi) is 4.56. The zero-order valence-corrected chi connectivity index (χ0v) is 10.3. The molecule has 1 aromatic rings. The van der Waals surface area contributed by atoms with E-state index in [-0.39, 0.29) is 0 Å². The molecule has 1 aromatic heterocycles. The molecule has 0 spiro atoms. The van der Waals surface area contributed by atoms with Crippen molar-refractivity contribution < 1.29 is 0 Å². The van der Waals surface area contributed by atoms with Gasteiger partial charge in [0.25, 0.3) is 0 Å². The molecule has 0 unspecified atom stereocenters. The van der Waals surface area contributed by atoms with E-state index in [0.29, 0.717) is 6.04 Å². The van der Waals surface area contributed by atoms with Crippen molar-refractivity contribution >= 4 is 5.82 Å². The highest BCUT2D eigenvalue weighted by molar-refractivity contribution is 5.38. The average molecular weight is 231 g/mol. The molecule has 0 amide bonds. The lowest BCUT2D eigenvalue weighted by molar-refractivity contribution is 0.417. The van der Waals surface area contributed by atoms with Gasteiger partial charge < -0.3 is 10.2 Å². The van der Waals surface area contributed by atoms with Gasteiger partial charge in [-0.2, -0.15) is 0 Å². The van der Waals surface area contributed by atoms with E-state index >= 15 is 0 Å². The van der Waals surface area contributed by atoms with Crippen LogP contribution in [0.5, 0.6) is 0 Å². The number of hydrogen-bond donors (Lipinski definition) is 1. The number of hydrogen-bond acceptors (Lipinski definition) is 3. The summed E-state index contributed by atoms with van der Waals surface area (Å²) in [4.78, 5) is 6.76. The first-order chi connectivity index (χ1) is 8.40. The highest BCUT2D eigenvalue weighted by Crippen LogP contribution is 2.16. The van der Waals surface area contributed by atoms with E-state index in [2.05, 4.69) is 33.9 Å². The van der Waals surface area contributed by atoms with E-state index in [1.54, 1.807) is 0 Å². The van der Waals surface area contributed by atoms with Crippen LogP contribution >= 0.6 is 0 Å². The van der Waals surface area contributed by atoms with Crippen LogP contribution in [-0.4, -0.2) is 30.7 Å². The molecule has 92 valence electrons. The third-order valence-electron chi connectivity index (χ3n) is 3.25. The van der Waals surface area contributed by atoms with Crippen molar-refractivity contribution in [2.75, 3.05) is 24.5 Å². The Hall–Kier alpha value is -1.35. The van der Waals surface area contributed by atoms with Crippen LogP contribution in [0.4, 0.5) is 5.82 Å². The Bertz CT molecular complexity index is 329. The Balaban J connectivity index is 1.76. The van der Waals surface area contributed by atoms with Crippen LogP contribution in [0.1, 0.15) is 19.3 Å². The number of nitrogens with zero attached hydrogens (tertiary/aromatic N) is 2. The lowest BCUT2D eigenvalue weighted by Gasteiger charge is -2.33. The number of anilines is 1. The Morgan fingerprint density at radius 1 is 1.41 bits per heavy atom. The maximum absolute atomic E-state index is 4.40. The quantitative estimate of drug-likeness (QED) is 0.622. The minimum Gasteiger partial charge on any atom is -0.357 e. The van der Waals surface area contributed by atoms with Gasteiger partial charge in [-0.25, -0.2) is 4.98 Å². The van der Waals surface area contributed by atoms with Crippen molar-refractivity contribution in [3.05, 3.63) is 37.1 Å². The second-order valence-electron chi connectivity index (χ2n) is 4.48. The van der Waals surface area contributed by atoms with Gasteiger partial charge in [0.05, 0.1) is 0 Å². The molecule has 1 saturated heterocycles. The largest absolute Gasteiger partial charge is 0.357 e. The van der Waals surface area contributed by atoms with Crippen molar-refractivity contribution in [2.45, 2.75) is 25.3 Å². The van der Waals surface area contributed by atoms with Crippen molar-refractivity contribution in [3.8, 4) is 0 Å². The highest BCUT2D eigenvalue weighted by atomic mass is 15.2. The summed E-state index contributed by atoms with van der Waals surface area (Å²) in [5.41, 5.74) is 0. The summed E-state index contributed by atoms with van der Waals surface area (Å²) >= 11 is 0. The summed E-state index contributed by atoms with van der Waals surface area (Å²) in [5, 5.41) is 3.58. The standard InChI is InChI=1S/C14H21N3/c1-2-3-9-15-13-7-11-17(12-8-13)14-6-4-5-10-16-14/h2,4-6,10,13,15H,1,3,7-9,11-12H2. The van der Waals surface area contributed by atoms with E-state index in [9.17, 15) is 0 Å². The molecule has 0 atom stereocenters. The van der Waals surface area contributed by atoms with E-state index in [4.69, 9.17) is 0 Å². The third kappa shape index (κ3) is 3.56. The first-order valence-corrected chi connectivity index (χ1v) is 6.40. The summed E-state index contributed by atoms with van der Waals surface area (Å²) in [5.74, 6) is 1.11. The smallest absolute Gasteiger partial charge is 0.128 e. The molecule has 0 aromatic carbocycles. The van der Waals surface area contributed by atoms with Crippen molar-refractivity contribution in [1.82, 2.24) is 10.3 Å². The van der Waals surface area contributed by atoms with Crippen LogP contribution in [0.25, 0.3) is 0 Å². The number of pyridine rings is 1. The number of rotatable bonds is 5. The van der Waals surface area contributed by atoms with Crippen LogP contribution in [0.15, 0.2) is 37.1 Å². The predicted molar refractivity (Wildman–Crippen MR) is 72.3 cm³/mol. The number of piperidine rings is 1. The molecular formula is C14H21N3. The molecule has 0 radical (unpaired) electrons. The summed E-state index contributed by atoms with van der Waals surface area (Å²) < 4.78 is 0. The third-order valence-corrected chi connectivity index (χ3v) is 3.25. The minimum atomic E-state index is 0.662. The lowest BCUT2D eigenvalue weighted by atomic mass is 10.0. The van der Waals surface area contributed by atoms with Gasteiger partial charge in [0.1, 0.15) is 5.82 Å². The first kappa shape index (κ1) is 12.1. The normalized spacial score (nSPS) is 17.1. The first-order valence-electron chi connectivity index (χ1n) is 6.40. The van der Waals surface area contributed by atoms with Crippen molar-refractivity contribution in [1.29, 1.82) is 0 Å². The molecule has 2 rings (SSSR count). The average Bonchev–Trinajstić information content (AvgIpc) is 2.41. The van der Waals surface area contributed by atoms with E-state index in [1.807, 2.05) is 18.3 Å². The van der Waals surface area contributed by atoms with Crippen LogP contribution < -0.4 is 10.2 Å². The molecule has 0 saturated carbocycles. The van der Waals surface area contributed by atoms with Gasteiger partial charge in [0.2, 0.25) is 0 Å². The summed E-state index contributed by atoms with van der Waals surface area (Å²) in [6.07, 6.45) is 7.29. The summed E-state index contributed by atoms with van der Waals surface area (Å²) in [6, 6.07) is 6.77. The Labute approximate surface area is 104 Å². The molecular weight excluding hydrogens is 210 g/mol. The summed E-state index contributed by atoms with van der Waals surface area (Å²) in [6.45, 7) is 6.99. The van der Waals surface area contributed by atoms with E-state index in [1.165, 1.54) is 12.8 Å². The molecule has 0 bridgehead atoms. The molecule has 1 aliphatic heterocycles. The van der Waals surface area contributed by atoms with Gasteiger partial charge in [0.15, 0.2) is 0 Å². The van der Waals surface area contributed by atoms with Gasteiger partial charge in [-0.3, -0.25) is 0 Å². The van der Waals surface area contributed by atoms with Crippen molar-refractivity contribution in [3.63, 3.8) is 0 Å². The van der Waals surface area contributed by atoms with Gasteiger partial charge in [-0.1, -0.05) is 12.1 Å². The number of nitrogens with one attached hydrogen (secondary N) is 1. The predicted octanol–water partition coefficient (Wildman–Crippen LogP) is 2.22. The minimum absolute atomic E-state index is 0.662. The maximum atomic E-state index is 4.40. The molecule has 0 aliphatic carbocycles. The fraction of sp³-hybridized carbons (Fsp3) is 0.500. The van der Waals surface area contributed by atoms with Crippen LogP contribution in [0.2, 0.25) is 0 Å². The lowest BCUT2D eigenvalue weighted by Crippen LogP contribution is -2.43. The van der Waals surface area contributed by atoms with E-state index in [0.717, 1.165) is 31.9 Å². The van der Waals surface area contributed by atoms with Gasteiger partial charge in [0, 0.05) is 25.3 Å². The zero-order valence-electron chi connectivity index (χ0n) is 10.3. The summed E-state index contributed by atoms with van der Waals surface area (Å²) in [7, 11) is 0. The highest BCUT2D eigenvalue weighted by Gasteiger charge is 2.18. The Morgan fingerprint density at radius 3 is 2.88 bits per heavy atom. The van der Waals surface area contributed by atoms with E-state index < -0.39 is 0 Å². The SMILES string of the molecule is C=CCCNC1CCN(c2ccccn2)CC1. The molecule has 1 aliphatic rings. The number of aromatic nitrogens is 1. The fourth-order valence-corrected chi connectivity index (χ4v) is 2.24. The zero-order chi connectivity index (χ0) is 11.9. The topological polar surface area (TPSA) is 28.2 Å².